The van der Waals surface area contributed by atoms with Gasteiger partial charge in [0.05, 0.1) is 12.6 Å². The van der Waals surface area contributed by atoms with Crippen LogP contribution in [0, 0.1) is 5.41 Å². The van der Waals surface area contributed by atoms with E-state index >= 15 is 0 Å². The molecular weight excluding hydrogens is 288 g/mol. The maximum Gasteiger partial charge on any atom is 0.234 e. The van der Waals surface area contributed by atoms with E-state index in [1.165, 1.54) is 70.6 Å². The number of ether oxygens (including phenoxy) is 1. The smallest absolute Gasteiger partial charge is 0.234 e. The van der Waals surface area contributed by atoms with Crippen LogP contribution >= 0.6 is 0 Å². The molecule has 1 amide bonds. The van der Waals surface area contributed by atoms with E-state index in [1.807, 2.05) is 7.11 Å². The number of hydrogen-bond acceptors (Lipinski definition) is 3. The number of nitrogens with one attached hydrogen (secondary N) is 1. The Morgan fingerprint density at radius 1 is 1.09 bits per heavy atom. The Kier molecular flexibility index (Phi) is 5.97. The summed E-state index contributed by atoms with van der Waals surface area (Å²) in [6, 6.07) is 0.418. The van der Waals surface area contributed by atoms with Crippen LogP contribution in [0.25, 0.3) is 0 Å². The first-order valence-corrected chi connectivity index (χ1v) is 9.76. The van der Waals surface area contributed by atoms with Crippen molar-refractivity contribution < 1.29 is 9.53 Å². The van der Waals surface area contributed by atoms with Crippen molar-refractivity contribution in [2.24, 2.45) is 5.41 Å². The Hall–Kier alpha value is -0.610. The van der Waals surface area contributed by atoms with E-state index < -0.39 is 0 Å². The second kappa shape index (κ2) is 7.98. The van der Waals surface area contributed by atoms with Gasteiger partial charge in [-0.25, -0.2) is 0 Å². The standard InChI is InChI=1S/C19H34N2O2/c1-23-17-10-6-11-19(17)12-7-13-21(15-19)14-18(22)20-16-8-4-2-3-5-9-16/h16-17H,2-15H2,1H3,(H,20,22)/t17-,19+/m1/s1. The third-order valence-corrected chi connectivity index (χ3v) is 6.38. The summed E-state index contributed by atoms with van der Waals surface area (Å²) in [4.78, 5) is 14.8. The van der Waals surface area contributed by atoms with Gasteiger partial charge >= 0.3 is 0 Å². The number of likely N-dealkylation sites (tertiary alicyclic amines) is 1. The average molecular weight is 322 g/mol. The highest BCUT2D eigenvalue weighted by molar-refractivity contribution is 5.78. The first kappa shape index (κ1) is 17.2. The van der Waals surface area contributed by atoms with Gasteiger partial charge in [-0.15, -0.1) is 0 Å². The molecule has 1 heterocycles. The van der Waals surface area contributed by atoms with E-state index in [1.54, 1.807) is 0 Å². The molecule has 0 unspecified atom stereocenters. The molecule has 2 saturated carbocycles. The highest BCUT2D eigenvalue weighted by Gasteiger charge is 2.45. The molecule has 4 heteroatoms. The van der Waals surface area contributed by atoms with Gasteiger partial charge in [-0.3, -0.25) is 9.69 Å². The van der Waals surface area contributed by atoms with Crippen LogP contribution in [0.1, 0.15) is 70.6 Å². The summed E-state index contributed by atoms with van der Waals surface area (Å²) in [6.45, 7) is 2.69. The molecule has 3 rings (SSSR count). The molecular formula is C19H34N2O2. The van der Waals surface area contributed by atoms with Crippen molar-refractivity contribution in [1.29, 1.82) is 0 Å². The normalized spacial score (nSPS) is 33.7. The fraction of sp³-hybridized carbons (Fsp3) is 0.947. The molecule has 2 atom stereocenters. The van der Waals surface area contributed by atoms with Gasteiger partial charge in [0.15, 0.2) is 0 Å². The Bertz CT molecular complexity index is 393. The van der Waals surface area contributed by atoms with Gasteiger partial charge in [-0.1, -0.05) is 32.1 Å². The maximum absolute atomic E-state index is 12.5. The zero-order chi connectivity index (χ0) is 16.1. The van der Waals surface area contributed by atoms with E-state index in [0.717, 1.165) is 13.1 Å². The molecule has 0 aromatic carbocycles. The largest absolute Gasteiger partial charge is 0.381 e. The van der Waals surface area contributed by atoms with Crippen molar-refractivity contribution in [2.75, 3.05) is 26.7 Å². The maximum atomic E-state index is 12.5. The molecule has 0 aromatic rings. The lowest BCUT2D eigenvalue weighted by Crippen LogP contribution is -2.51. The van der Waals surface area contributed by atoms with E-state index in [4.69, 9.17) is 4.74 Å². The minimum atomic E-state index is 0.237. The molecule has 0 bridgehead atoms. The van der Waals surface area contributed by atoms with E-state index in [9.17, 15) is 4.79 Å². The number of carbonyl (C=O) groups excluding carboxylic acids is 1. The molecule has 1 N–H and O–H groups in total. The van der Waals surface area contributed by atoms with Crippen molar-refractivity contribution in [3.05, 3.63) is 0 Å². The van der Waals surface area contributed by atoms with E-state index in [2.05, 4.69) is 10.2 Å². The fourth-order valence-corrected chi connectivity index (χ4v) is 5.23. The summed E-state index contributed by atoms with van der Waals surface area (Å²) in [7, 11) is 1.86. The van der Waals surface area contributed by atoms with Gasteiger partial charge in [0, 0.05) is 25.1 Å². The second-order valence-corrected chi connectivity index (χ2v) is 8.05. The van der Waals surface area contributed by atoms with Crippen LogP contribution < -0.4 is 5.32 Å². The minimum absolute atomic E-state index is 0.237. The van der Waals surface area contributed by atoms with Gasteiger partial charge in [0.25, 0.3) is 0 Å². The molecule has 4 nitrogen and oxygen atoms in total. The van der Waals surface area contributed by atoms with Crippen LogP contribution in [-0.4, -0.2) is 49.7 Å². The summed E-state index contributed by atoms with van der Waals surface area (Å²) < 4.78 is 5.77. The van der Waals surface area contributed by atoms with E-state index in [-0.39, 0.29) is 5.91 Å². The van der Waals surface area contributed by atoms with Crippen molar-refractivity contribution in [2.45, 2.75) is 82.8 Å². The highest BCUT2D eigenvalue weighted by atomic mass is 16.5. The molecule has 1 spiro atoms. The second-order valence-electron chi connectivity index (χ2n) is 8.05. The first-order valence-electron chi connectivity index (χ1n) is 9.76. The lowest BCUT2D eigenvalue weighted by Gasteiger charge is -2.43. The molecule has 23 heavy (non-hydrogen) atoms. The third-order valence-electron chi connectivity index (χ3n) is 6.38. The zero-order valence-corrected chi connectivity index (χ0v) is 14.8. The molecule has 0 aromatic heterocycles. The summed E-state index contributed by atoms with van der Waals surface area (Å²) in [5.41, 5.74) is 0.315. The Labute approximate surface area is 141 Å². The van der Waals surface area contributed by atoms with Crippen LogP contribution in [0.2, 0.25) is 0 Å². The molecule has 3 fully saturated rings. The monoisotopic (exact) mass is 322 g/mol. The van der Waals surface area contributed by atoms with Crippen LogP contribution in [-0.2, 0) is 9.53 Å². The topological polar surface area (TPSA) is 41.6 Å². The number of rotatable bonds is 4. The lowest BCUT2D eigenvalue weighted by atomic mass is 9.76. The van der Waals surface area contributed by atoms with Gasteiger partial charge in [-0.2, -0.15) is 0 Å². The number of hydrogen-bond donors (Lipinski definition) is 1. The van der Waals surface area contributed by atoms with Crippen LogP contribution in [0.15, 0.2) is 0 Å². The summed E-state index contributed by atoms with van der Waals surface area (Å²) in [5.74, 6) is 0.237. The van der Waals surface area contributed by atoms with Crippen molar-refractivity contribution in [3.8, 4) is 0 Å². The number of carbonyl (C=O) groups is 1. The number of piperidine rings is 1. The first-order chi connectivity index (χ1) is 11.2. The van der Waals surface area contributed by atoms with Crippen molar-refractivity contribution in [1.82, 2.24) is 10.2 Å². The van der Waals surface area contributed by atoms with Crippen molar-refractivity contribution >= 4 is 5.91 Å². The molecule has 0 radical (unpaired) electrons. The van der Waals surface area contributed by atoms with Crippen LogP contribution in [0.5, 0.6) is 0 Å². The zero-order valence-electron chi connectivity index (χ0n) is 14.8. The third kappa shape index (κ3) is 4.27. The molecule has 1 saturated heterocycles. The predicted molar refractivity (Wildman–Crippen MR) is 92.4 cm³/mol. The number of methoxy groups -OCH3 is 1. The summed E-state index contributed by atoms with van der Waals surface area (Å²) in [5, 5.41) is 3.30. The summed E-state index contributed by atoms with van der Waals surface area (Å²) in [6.07, 6.45) is 14.2. The molecule has 1 aliphatic heterocycles. The SMILES string of the molecule is CO[C@@H]1CCC[C@@]12CCCN(CC(=O)NC1CCCCCC1)C2. The number of nitrogens with zero attached hydrogens (tertiary/aromatic N) is 1. The van der Waals surface area contributed by atoms with Crippen LogP contribution in [0.3, 0.4) is 0 Å². The van der Waals surface area contributed by atoms with Gasteiger partial charge in [0.2, 0.25) is 5.91 Å². The minimum Gasteiger partial charge on any atom is -0.381 e. The lowest BCUT2D eigenvalue weighted by molar-refractivity contribution is -0.124. The molecule has 3 aliphatic rings. The summed E-state index contributed by atoms with van der Waals surface area (Å²) >= 11 is 0. The fourth-order valence-electron chi connectivity index (χ4n) is 5.23. The van der Waals surface area contributed by atoms with Gasteiger partial charge < -0.3 is 10.1 Å². The molecule has 132 valence electrons. The van der Waals surface area contributed by atoms with Crippen molar-refractivity contribution in [3.63, 3.8) is 0 Å². The Morgan fingerprint density at radius 3 is 2.57 bits per heavy atom. The van der Waals surface area contributed by atoms with Gasteiger partial charge in [-0.05, 0) is 45.1 Å². The number of amides is 1. The average Bonchev–Trinajstić information content (AvgIpc) is 2.74. The van der Waals surface area contributed by atoms with Crippen LogP contribution in [0.4, 0.5) is 0 Å². The Morgan fingerprint density at radius 2 is 1.83 bits per heavy atom. The quantitative estimate of drug-likeness (QED) is 0.809. The van der Waals surface area contributed by atoms with Gasteiger partial charge in [0.1, 0.15) is 0 Å². The van der Waals surface area contributed by atoms with E-state index in [0.29, 0.717) is 24.1 Å². The Balaban J connectivity index is 1.50. The molecule has 2 aliphatic carbocycles. The highest BCUT2D eigenvalue weighted by Crippen LogP contribution is 2.46. The predicted octanol–water partition coefficient (Wildman–Crippen LogP) is 3.11.